The van der Waals surface area contributed by atoms with Crippen LogP contribution in [0.25, 0.3) is 0 Å². The molecule has 1 heterocycles. The van der Waals surface area contributed by atoms with Gasteiger partial charge in [0.2, 0.25) is 5.95 Å². The Morgan fingerprint density at radius 2 is 1.29 bits per heavy atom. The van der Waals surface area contributed by atoms with E-state index in [-0.39, 0.29) is 18.6 Å². The van der Waals surface area contributed by atoms with Crippen molar-refractivity contribution in [2.75, 3.05) is 6.61 Å². The van der Waals surface area contributed by atoms with Gasteiger partial charge in [-0.15, -0.1) is 0 Å². The third-order valence-electron chi connectivity index (χ3n) is 5.21. The quantitative estimate of drug-likeness (QED) is 0.461. The average molecular weight is 429 g/mol. The minimum Gasteiger partial charge on any atom is -0.396 e. The second-order valence-electron chi connectivity index (χ2n) is 7.17. The first-order valence-electron chi connectivity index (χ1n) is 10.1. The van der Waals surface area contributed by atoms with E-state index in [0.717, 1.165) is 15.9 Å². The van der Waals surface area contributed by atoms with Crippen molar-refractivity contribution in [3.63, 3.8) is 0 Å². The molecule has 0 unspecified atom stereocenters. The standard InChI is InChI=1S/C25H24N3O2P/c1-19-23(17-18-29)24(30)27-25(26-19)28-31(20-11-5-2-6-12-20,21-13-7-3-8-14-21)22-15-9-4-10-16-22/h2-16,29H,17-18H2,1H3,(H,26,27,30). The smallest absolute Gasteiger partial charge is 0.255 e. The number of aryl methyl sites for hydroxylation is 1. The summed E-state index contributed by atoms with van der Waals surface area (Å²) < 4.78 is 5.21. The largest absolute Gasteiger partial charge is 0.396 e. The lowest BCUT2D eigenvalue weighted by Gasteiger charge is -2.26. The predicted octanol–water partition coefficient (Wildman–Crippen LogP) is 3.42. The molecule has 3 aromatic carbocycles. The van der Waals surface area contributed by atoms with Gasteiger partial charge in [0.25, 0.3) is 5.56 Å². The molecule has 5 nitrogen and oxygen atoms in total. The van der Waals surface area contributed by atoms with E-state index in [9.17, 15) is 9.90 Å². The lowest BCUT2D eigenvalue weighted by Crippen LogP contribution is -2.25. The third-order valence-corrected chi connectivity index (χ3v) is 8.83. The molecule has 0 bridgehead atoms. The van der Waals surface area contributed by atoms with E-state index in [4.69, 9.17) is 4.74 Å². The highest BCUT2D eigenvalue weighted by atomic mass is 31.2. The molecule has 2 N–H and O–H groups in total. The Morgan fingerprint density at radius 3 is 1.68 bits per heavy atom. The molecule has 0 spiro atoms. The van der Waals surface area contributed by atoms with Crippen molar-refractivity contribution in [1.82, 2.24) is 9.97 Å². The molecule has 4 rings (SSSR count). The van der Waals surface area contributed by atoms with Crippen molar-refractivity contribution in [2.45, 2.75) is 13.3 Å². The summed E-state index contributed by atoms with van der Waals surface area (Å²) in [6, 6.07) is 30.5. The van der Waals surface area contributed by atoms with Crippen LogP contribution >= 0.6 is 7.05 Å². The number of H-pyrrole nitrogens is 1. The van der Waals surface area contributed by atoms with Crippen molar-refractivity contribution >= 4 is 28.9 Å². The van der Waals surface area contributed by atoms with Crippen LogP contribution in [-0.2, 0) is 6.42 Å². The summed E-state index contributed by atoms with van der Waals surface area (Å²) >= 11 is 0. The topological polar surface area (TPSA) is 78.3 Å². The predicted molar refractivity (Wildman–Crippen MR) is 128 cm³/mol. The summed E-state index contributed by atoms with van der Waals surface area (Å²) in [7, 11) is -2.50. The van der Waals surface area contributed by atoms with Crippen LogP contribution in [0, 0.1) is 6.92 Å². The number of nitrogens with zero attached hydrogens (tertiary/aromatic N) is 2. The lowest BCUT2D eigenvalue weighted by atomic mass is 10.2. The Balaban J connectivity index is 2.10. The maximum absolute atomic E-state index is 12.7. The van der Waals surface area contributed by atoms with Gasteiger partial charge < -0.3 is 5.11 Å². The summed E-state index contributed by atoms with van der Waals surface area (Å²) in [6.07, 6.45) is 0.269. The van der Waals surface area contributed by atoms with Gasteiger partial charge in [-0.25, -0.2) is 9.73 Å². The SMILES string of the molecule is Cc1nc(N=P(c2ccccc2)(c2ccccc2)c2ccccc2)[nH]c(=O)c1CCO. The van der Waals surface area contributed by atoms with E-state index in [1.54, 1.807) is 6.92 Å². The Kier molecular flexibility index (Phi) is 6.26. The zero-order valence-corrected chi connectivity index (χ0v) is 18.2. The first kappa shape index (κ1) is 21.0. The number of aromatic nitrogens is 2. The molecule has 6 heteroatoms. The Bertz CT molecular complexity index is 1170. The van der Waals surface area contributed by atoms with Gasteiger partial charge in [0.05, 0.1) is 12.7 Å². The van der Waals surface area contributed by atoms with Crippen molar-refractivity contribution in [3.8, 4) is 0 Å². The monoisotopic (exact) mass is 429 g/mol. The highest BCUT2D eigenvalue weighted by molar-refractivity contribution is 7.87. The normalized spacial score (nSPS) is 11.3. The van der Waals surface area contributed by atoms with Crippen LogP contribution in [0.2, 0.25) is 0 Å². The fourth-order valence-corrected chi connectivity index (χ4v) is 7.17. The third kappa shape index (κ3) is 4.15. The number of benzene rings is 3. The lowest BCUT2D eigenvalue weighted by molar-refractivity contribution is 0.298. The molecular formula is C25H24N3O2P. The van der Waals surface area contributed by atoms with Crippen LogP contribution in [0.4, 0.5) is 5.95 Å². The zero-order valence-electron chi connectivity index (χ0n) is 17.3. The van der Waals surface area contributed by atoms with Crippen molar-refractivity contribution in [2.24, 2.45) is 4.74 Å². The zero-order chi connectivity index (χ0) is 21.7. The highest BCUT2D eigenvalue weighted by Crippen LogP contribution is 2.48. The molecule has 0 saturated heterocycles. The molecule has 31 heavy (non-hydrogen) atoms. The number of aromatic amines is 1. The molecule has 0 fully saturated rings. The van der Waals surface area contributed by atoms with Crippen LogP contribution in [0.1, 0.15) is 11.3 Å². The molecule has 1 aromatic heterocycles. The molecular weight excluding hydrogens is 405 g/mol. The molecule has 0 atom stereocenters. The maximum atomic E-state index is 12.7. The van der Waals surface area contributed by atoms with E-state index in [0.29, 0.717) is 17.2 Å². The van der Waals surface area contributed by atoms with Crippen molar-refractivity contribution in [3.05, 3.63) is 113 Å². The molecule has 156 valence electrons. The number of aliphatic hydroxyl groups excluding tert-OH is 1. The van der Waals surface area contributed by atoms with Gasteiger partial charge >= 0.3 is 0 Å². The number of aliphatic hydroxyl groups is 1. The highest BCUT2D eigenvalue weighted by Gasteiger charge is 2.28. The summed E-state index contributed by atoms with van der Waals surface area (Å²) in [6.45, 7) is 1.68. The summed E-state index contributed by atoms with van der Waals surface area (Å²) in [5.41, 5.74) is 0.820. The second kappa shape index (κ2) is 9.25. The number of nitrogens with one attached hydrogen (secondary N) is 1. The van der Waals surface area contributed by atoms with Gasteiger partial charge in [0.1, 0.15) is 0 Å². The maximum Gasteiger partial charge on any atom is 0.255 e. The number of rotatable bonds is 6. The van der Waals surface area contributed by atoms with Crippen LogP contribution < -0.4 is 21.5 Å². The first-order chi connectivity index (χ1) is 15.1. The molecule has 0 saturated carbocycles. The van der Waals surface area contributed by atoms with Gasteiger partial charge in [0, 0.05) is 34.5 Å². The van der Waals surface area contributed by atoms with Crippen LogP contribution in [0.5, 0.6) is 0 Å². The minimum atomic E-state index is -2.50. The summed E-state index contributed by atoms with van der Waals surface area (Å²) in [4.78, 5) is 20.1. The number of hydrogen-bond acceptors (Lipinski definition) is 4. The van der Waals surface area contributed by atoms with Crippen LogP contribution in [0.15, 0.2) is 101 Å². The van der Waals surface area contributed by atoms with Gasteiger partial charge in [-0.05, 0) is 6.92 Å². The van der Waals surface area contributed by atoms with Gasteiger partial charge in [0.15, 0.2) is 0 Å². The molecule has 0 amide bonds. The van der Waals surface area contributed by atoms with E-state index >= 15 is 0 Å². The van der Waals surface area contributed by atoms with Crippen molar-refractivity contribution in [1.29, 1.82) is 0 Å². The molecule has 0 aliphatic carbocycles. The summed E-state index contributed by atoms with van der Waals surface area (Å²) in [5.74, 6) is 0.300. The van der Waals surface area contributed by atoms with Crippen LogP contribution in [0.3, 0.4) is 0 Å². The van der Waals surface area contributed by atoms with E-state index in [2.05, 4.69) is 46.4 Å². The molecule has 4 aromatic rings. The Hall–Kier alpha value is -3.27. The van der Waals surface area contributed by atoms with Gasteiger partial charge in [-0.1, -0.05) is 91.0 Å². The van der Waals surface area contributed by atoms with E-state index in [1.807, 2.05) is 54.6 Å². The molecule has 0 radical (unpaired) electrons. The van der Waals surface area contributed by atoms with Crippen LogP contribution in [-0.4, -0.2) is 21.7 Å². The first-order valence-corrected chi connectivity index (χ1v) is 11.9. The second-order valence-corrected chi connectivity index (χ2v) is 10.2. The van der Waals surface area contributed by atoms with Crippen molar-refractivity contribution < 1.29 is 5.11 Å². The number of hydrogen-bond donors (Lipinski definition) is 2. The molecule has 0 aliphatic rings. The Morgan fingerprint density at radius 1 is 0.839 bits per heavy atom. The molecule has 0 aliphatic heterocycles. The van der Waals surface area contributed by atoms with Gasteiger partial charge in [-0.2, -0.15) is 0 Å². The Labute approximate surface area is 181 Å². The fourth-order valence-electron chi connectivity index (χ4n) is 3.74. The summed E-state index contributed by atoms with van der Waals surface area (Å²) in [5, 5.41) is 12.5. The van der Waals surface area contributed by atoms with Gasteiger partial charge in [-0.3, -0.25) is 9.78 Å². The average Bonchev–Trinajstić information content (AvgIpc) is 2.81. The minimum absolute atomic E-state index is 0.100. The van der Waals surface area contributed by atoms with E-state index in [1.165, 1.54) is 0 Å². The fraction of sp³-hybridized carbons (Fsp3) is 0.120. The van der Waals surface area contributed by atoms with E-state index < -0.39 is 7.05 Å².